The molecule has 1 aliphatic heterocycles. The first-order valence-corrected chi connectivity index (χ1v) is 9.65. The summed E-state index contributed by atoms with van der Waals surface area (Å²) in [7, 11) is 1.47. The minimum Gasteiger partial charge on any atom is -0.319 e. The smallest absolute Gasteiger partial charge is 0.319 e. The van der Waals surface area contributed by atoms with Crippen LogP contribution in [0.25, 0.3) is 0 Å². The number of halogens is 1. The lowest BCUT2D eigenvalue weighted by Crippen LogP contribution is -2.43. The van der Waals surface area contributed by atoms with Gasteiger partial charge in [-0.05, 0) is 47.1 Å². The zero-order chi connectivity index (χ0) is 20.6. The predicted molar refractivity (Wildman–Crippen MR) is 106 cm³/mol. The van der Waals surface area contributed by atoms with Gasteiger partial charge in [0, 0.05) is 29.7 Å². The van der Waals surface area contributed by atoms with Crippen molar-refractivity contribution in [3.63, 3.8) is 0 Å². The Hall–Kier alpha value is -2.79. The molecule has 1 unspecified atom stereocenters. The Labute approximate surface area is 172 Å². The second-order valence-electron chi connectivity index (χ2n) is 6.28. The number of benzene rings is 1. The number of hydrogen-bond donors (Lipinski definition) is 1. The maximum Gasteiger partial charge on any atom is 0.325 e. The van der Waals surface area contributed by atoms with E-state index in [1.807, 2.05) is 0 Å². The van der Waals surface area contributed by atoms with Gasteiger partial charge in [0.25, 0.3) is 11.6 Å². The van der Waals surface area contributed by atoms with E-state index in [1.165, 1.54) is 47.5 Å². The molecule has 1 fully saturated rings. The molecule has 1 atom stereocenters. The first kappa shape index (κ1) is 20.0. The van der Waals surface area contributed by atoms with E-state index in [2.05, 4.69) is 21.2 Å². The van der Waals surface area contributed by atoms with Crippen LogP contribution >= 0.6 is 27.3 Å². The molecule has 0 radical (unpaired) electrons. The summed E-state index contributed by atoms with van der Waals surface area (Å²) in [6.45, 7) is 1.15. The molecule has 28 heavy (non-hydrogen) atoms. The molecule has 3 rings (SSSR count). The molecule has 0 spiro atoms. The molecular weight excluding hydrogens is 452 g/mol. The summed E-state index contributed by atoms with van der Waals surface area (Å²) < 4.78 is 0.818. The van der Waals surface area contributed by atoms with E-state index in [4.69, 9.17) is 0 Å². The van der Waals surface area contributed by atoms with Crippen molar-refractivity contribution in [1.82, 2.24) is 10.2 Å². The van der Waals surface area contributed by atoms with Crippen LogP contribution in [0, 0.1) is 10.1 Å². The van der Waals surface area contributed by atoms with Gasteiger partial charge < -0.3 is 10.2 Å². The number of hydrogen-bond acceptors (Lipinski definition) is 6. The largest absolute Gasteiger partial charge is 0.325 e. The van der Waals surface area contributed by atoms with Crippen molar-refractivity contribution in [1.29, 1.82) is 0 Å². The number of nitro groups is 1. The number of likely N-dealkylation sites (N-methyl/N-ethyl adjacent to an activating group) is 1. The van der Waals surface area contributed by atoms with E-state index in [0.29, 0.717) is 10.6 Å². The van der Waals surface area contributed by atoms with Gasteiger partial charge in [-0.25, -0.2) is 4.79 Å². The van der Waals surface area contributed by atoms with Gasteiger partial charge >= 0.3 is 6.03 Å². The number of thiophene rings is 1. The van der Waals surface area contributed by atoms with Gasteiger partial charge in [0.15, 0.2) is 5.54 Å². The standard InChI is InChI=1S/C17H15BrN4O5S/c1-17(12-7-8-13(18)28-12)15(24)21(16(25)19-17)9-14(23)20(2)10-3-5-11(6-4-10)22(26)27/h3-8H,9H2,1-2H3,(H,19,25). The fourth-order valence-electron chi connectivity index (χ4n) is 2.77. The summed E-state index contributed by atoms with van der Waals surface area (Å²) in [4.78, 5) is 50.7. The molecule has 0 saturated carbocycles. The number of nitro benzene ring substituents is 1. The third kappa shape index (κ3) is 3.50. The summed E-state index contributed by atoms with van der Waals surface area (Å²) in [5, 5.41) is 13.4. The quantitative estimate of drug-likeness (QED) is 0.413. The highest BCUT2D eigenvalue weighted by Crippen LogP contribution is 2.35. The average Bonchev–Trinajstić information content (AvgIpc) is 3.19. The number of urea groups is 1. The summed E-state index contributed by atoms with van der Waals surface area (Å²) in [6.07, 6.45) is 0. The highest BCUT2D eigenvalue weighted by molar-refractivity contribution is 9.11. The van der Waals surface area contributed by atoms with Crippen molar-refractivity contribution >= 4 is 56.5 Å². The number of carbonyl (C=O) groups excluding carboxylic acids is 3. The molecule has 1 aromatic carbocycles. The van der Waals surface area contributed by atoms with E-state index in [-0.39, 0.29) is 5.69 Å². The maximum atomic E-state index is 12.8. The maximum absolute atomic E-state index is 12.8. The summed E-state index contributed by atoms with van der Waals surface area (Å²) in [5.74, 6) is -1.02. The second-order valence-corrected chi connectivity index (χ2v) is 8.74. The molecule has 9 nitrogen and oxygen atoms in total. The van der Waals surface area contributed by atoms with Gasteiger partial charge in [-0.3, -0.25) is 24.6 Å². The fraction of sp³-hybridized carbons (Fsp3) is 0.235. The molecule has 0 aliphatic carbocycles. The Kier molecular flexibility index (Phi) is 5.22. The van der Waals surface area contributed by atoms with Crippen molar-refractivity contribution in [2.75, 3.05) is 18.5 Å². The number of anilines is 1. The molecule has 1 saturated heterocycles. The Morgan fingerprint density at radius 1 is 1.29 bits per heavy atom. The molecular formula is C17H15BrN4O5S. The van der Waals surface area contributed by atoms with Crippen LogP contribution in [-0.4, -0.2) is 41.3 Å². The topological polar surface area (TPSA) is 113 Å². The van der Waals surface area contributed by atoms with Crippen LogP contribution in [0.2, 0.25) is 0 Å². The zero-order valence-corrected chi connectivity index (χ0v) is 17.2. The van der Waals surface area contributed by atoms with E-state index in [9.17, 15) is 24.5 Å². The van der Waals surface area contributed by atoms with E-state index >= 15 is 0 Å². The van der Waals surface area contributed by atoms with E-state index < -0.39 is 34.9 Å². The third-order valence-corrected chi connectivity index (χ3v) is 6.30. The lowest BCUT2D eigenvalue weighted by Gasteiger charge is -2.22. The molecule has 2 heterocycles. The van der Waals surface area contributed by atoms with Crippen LogP contribution in [0.15, 0.2) is 40.2 Å². The predicted octanol–water partition coefficient (Wildman–Crippen LogP) is 2.85. The monoisotopic (exact) mass is 466 g/mol. The van der Waals surface area contributed by atoms with Crippen LogP contribution in [0.1, 0.15) is 11.8 Å². The van der Waals surface area contributed by atoms with Gasteiger partial charge in [-0.1, -0.05) is 0 Å². The number of non-ortho nitro benzene ring substituents is 1. The van der Waals surface area contributed by atoms with Crippen LogP contribution < -0.4 is 10.2 Å². The van der Waals surface area contributed by atoms with Crippen LogP contribution in [-0.2, 0) is 15.1 Å². The van der Waals surface area contributed by atoms with E-state index in [1.54, 1.807) is 19.1 Å². The SMILES string of the molecule is CN(C(=O)CN1C(=O)NC(C)(c2ccc(Br)s2)C1=O)c1ccc([N+](=O)[O-])cc1. The van der Waals surface area contributed by atoms with E-state index in [0.717, 1.165) is 8.69 Å². The number of imide groups is 1. The van der Waals surface area contributed by atoms with Crippen molar-refractivity contribution < 1.29 is 19.3 Å². The molecule has 2 aromatic rings. The third-order valence-electron chi connectivity index (χ3n) is 4.46. The van der Waals surface area contributed by atoms with Crippen molar-refractivity contribution in [2.24, 2.45) is 0 Å². The number of rotatable bonds is 5. The lowest BCUT2D eigenvalue weighted by molar-refractivity contribution is -0.384. The Bertz CT molecular complexity index is 976. The Balaban J connectivity index is 1.75. The second kappa shape index (κ2) is 7.32. The van der Waals surface area contributed by atoms with Crippen LogP contribution in [0.5, 0.6) is 0 Å². The highest BCUT2D eigenvalue weighted by atomic mass is 79.9. The fourth-order valence-corrected chi connectivity index (χ4v) is 4.25. The lowest BCUT2D eigenvalue weighted by atomic mass is 10.0. The van der Waals surface area contributed by atoms with Gasteiger partial charge in [-0.15, -0.1) is 11.3 Å². The molecule has 1 N–H and O–H groups in total. The number of nitrogens with one attached hydrogen (secondary N) is 1. The van der Waals surface area contributed by atoms with Crippen molar-refractivity contribution in [2.45, 2.75) is 12.5 Å². The number of nitrogens with zero attached hydrogens (tertiary/aromatic N) is 3. The summed E-state index contributed by atoms with van der Waals surface area (Å²) in [5.41, 5.74) is -0.927. The number of carbonyl (C=O) groups is 3. The highest BCUT2D eigenvalue weighted by Gasteiger charge is 2.50. The van der Waals surface area contributed by atoms with Crippen molar-refractivity contribution in [3.8, 4) is 0 Å². The molecule has 146 valence electrons. The Morgan fingerprint density at radius 2 is 1.93 bits per heavy atom. The summed E-state index contributed by atoms with van der Waals surface area (Å²) in [6, 6.07) is 8.27. The van der Waals surface area contributed by atoms with Crippen molar-refractivity contribution in [3.05, 3.63) is 55.2 Å². The molecule has 1 aromatic heterocycles. The minimum atomic E-state index is -1.24. The summed E-state index contributed by atoms with van der Waals surface area (Å²) >= 11 is 4.65. The molecule has 4 amide bonds. The number of amides is 4. The first-order chi connectivity index (χ1) is 13.1. The van der Waals surface area contributed by atoms with Gasteiger partial charge in [0.05, 0.1) is 8.71 Å². The Morgan fingerprint density at radius 3 is 2.46 bits per heavy atom. The van der Waals surface area contributed by atoms with Gasteiger partial charge in [-0.2, -0.15) is 0 Å². The zero-order valence-electron chi connectivity index (χ0n) is 14.8. The van der Waals surface area contributed by atoms with Gasteiger partial charge in [0.1, 0.15) is 6.54 Å². The van der Waals surface area contributed by atoms with Crippen LogP contribution in [0.3, 0.4) is 0 Å². The molecule has 1 aliphatic rings. The first-order valence-electron chi connectivity index (χ1n) is 8.04. The molecule has 0 bridgehead atoms. The molecule has 11 heteroatoms. The van der Waals surface area contributed by atoms with Crippen LogP contribution in [0.4, 0.5) is 16.2 Å². The normalized spacial score (nSPS) is 18.9. The average molecular weight is 467 g/mol. The van der Waals surface area contributed by atoms with Gasteiger partial charge in [0.2, 0.25) is 5.91 Å². The minimum absolute atomic E-state index is 0.100.